The molecule has 70 valence electrons. The van der Waals surface area contributed by atoms with Gasteiger partial charge in [-0.1, -0.05) is 0 Å². The van der Waals surface area contributed by atoms with Crippen LogP contribution in [0, 0.1) is 0 Å². The fourth-order valence-corrected chi connectivity index (χ4v) is 1.76. The summed E-state index contributed by atoms with van der Waals surface area (Å²) in [6.07, 6.45) is 0. The number of aliphatic hydroxyl groups excluding tert-OH is 1. The number of thiol groups is 1. The van der Waals surface area contributed by atoms with Gasteiger partial charge in [-0.2, -0.15) is 0 Å². The van der Waals surface area contributed by atoms with Crippen LogP contribution >= 0.6 is 12.6 Å². The first-order valence-electron chi connectivity index (χ1n) is 3.89. The van der Waals surface area contributed by atoms with E-state index in [1.807, 2.05) is 30.3 Å². The summed E-state index contributed by atoms with van der Waals surface area (Å²) in [5.41, 5.74) is 0.975. The molecule has 0 heterocycles. The van der Waals surface area contributed by atoms with Crippen LogP contribution in [0.4, 0.5) is 5.69 Å². The van der Waals surface area contributed by atoms with Crippen molar-refractivity contribution >= 4 is 38.5 Å². The zero-order valence-corrected chi connectivity index (χ0v) is 9.58. The van der Waals surface area contributed by atoms with E-state index in [4.69, 9.17) is 0 Å². The molecule has 0 spiro atoms. The first-order chi connectivity index (χ1) is 6.24. The molecular formula is C9H11NOSSe. The molecule has 1 atom stereocenters. The standard InChI is InChI=1S/C9H11NOSSe/c11-9(13)8(6-12)10-7-4-2-1-3-5-7/h1-5,8,10,12H,6H2,(H,11,13)/t8-/m0/s1. The van der Waals surface area contributed by atoms with Crippen molar-refractivity contribution in [1.29, 1.82) is 0 Å². The van der Waals surface area contributed by atoms with Gasteiger partial charge in [-0.05, 0) is 0 Å². The molecule has 0 radical (unpaired) electrons. The quantitative estimate of drug-likeness (QED) is 0.559. The summed E-state index contributed by atoms with van der Waals surface area (Å²) in [6.45, 7) is 0. The van der Waals surface area contributed by atoms with Gasteiger partial charge in [0.1, 0.15) is 0 Å². The predicted molar refractivity (Wildman–Crippen MR) is 60.4 cm³/mol. The Hall–Kier alpha value is -0.441. The Morgan fingerprint density at radius 3 is 2.54 bits per heavy atom. The molecule has 1 aromatic rings. The second kappa shape index (κ2) is 5.32. The Morgan fingerprint density at radius 2 is 2.08 bits per heavy atom. The van der Waals surface area contributed by atoms with E-state index in [-0.39, 0.29) is 10.6 Å². The molecule has 0 bridgehead atoms. The van der Waals surface area contributed by atoms with Crippen LogP contribution < -0.4 is 5.32 Å². The molecular weight excluding hydrogens is 249 g/mol. The fraction of sp³-hybridized carbons (Fsp3) is 0.222. The summed E-state index contributed by atoms with van der Waals surface area (Å²) in [7, 11) is 0. The number of anilines is 1. The third-order valence-electron chi connectivity index (χ3n) is 1.60. The molecule has 0 amide bonds. The van der Waals surface area contributed by atoms with Crippen molar-refractivity contribution < 1.29 is 5.11 Å². The molecule has 0 aliphatic rings. The van der Waals surface area contributed by atoms with Gasteiger partial charge in [0.15, 0.2) is 0 Å². The maximum atomic E-state index is 9.22. The molecule has 2 nitrogen and oxygen atoms in total. The molecule has 0 aliphatic heterocycles. The van der Waals surface area contributed by atoms with E-state index in [9.17, 15) is 5.11 Å². The number of rotatable bonds is 4. The first kappa shape index (κ1) is 10.6. The third-order valence-corrected chi connectivity index (χ3v) is 2.56. The van der Waals surface area contributed by atoms with Gasteiger partial charge >= 0.3 is 91.0 Å². The van der Waals surface area contributed by atoms with E-state index in [1.54, 1.807) is 0 Å². The number of nitrogens with one attached hydrogen (secondary N) is 1. The van der Waals surface area contributed by atoms with Gasteiger partial charge in [0.05, 0.1) is 0 Å². The summed E-state index contributed by atoms with van der Waals surface area (Å²) in [6, 6.07) is 9.58. The van der Waals surface area contributed by atoms with Gasteiger partial charge in [0, 0.05) is 0 Å². The van der Waals surface area contributed by atoms with Gasteiger partial charge in [-0.3, -0.25) is 0 Å². The van der Waals surface area contributed by atoms with Crippen molar-refractivity contribution in [3.63, 3.8) is 0 Å². The van der Waals surface area contributed by atoms with E-state index in [2.05, 4.69) is 33.5 Å². The molecule has 13 heavy (non-hydrogen) atoms. The van der Waals surface area contributed by atoms with Crippen molar-refractivity contribution in [2.75, 3.05) is 11.1 Å². The van der Waals surface area contributed by atoms with Crippen molar-refractivity contribution in [2.24, 2.45) is 0 Å². The number of hydrogen-bond acceptors (Lipinski definition) is 3. The average Bonchev–Trinajstić information content (AvgIpc) is 2.15. The fourth-order valence-electron chi connectivity index (χ4n) is 0.921. The number of hydrogen-bond donors (Lipinski definition) is 3. The molecule has 0 unspecified atom stereocenters. The van der Waals surface area contributed by atoms with E-state index >= 15 is 0 Å². The first-order valence-corrected chi connectivity index (χ1v) is 5.38. The summed E-state index contributed by atoms with van der Waals surface area (Å²) >= 11 is 6.69. The van der Waals surface area contributed by atoms with Gasteiger partial charge in [0.25, 0.3) is 0 Å². The molecule has 0 saturated heterocycles. The molecule has 0 fully saturated rings. The maximum absolute atomic E-state index is 9.22. The summed E-state index contributed by atoms with van der Waals surface area (Å²) in [4.78, 5) is 0. The van der Waals surface area contributed by atoms with E-state index in [0.717, 1.165) is 5.69 Å². The molecule has 4 heteroatoms. The van der Waals surface area contributed by atoms with Gasteiger partial charge in [-0.25, -0.2) is 0 Å². The van der Waals surface area contributed by atoms with Gasteiger partial charge in [-0.15, -0.1) is 0 Å². The second-order valence-corrected chi connectivity index (χ2v) is 3.83. The van der Waals surface area contributed by atoms with E-state index in [1.165, 1.54) is 0 Å². The van der Waals surface area contributed by atoms with Crippen LogP contribution in [-0.2, 0) is 0 Å². The Bertz CT molecular complexity index is 278. The number of para-hydroxylation sites is 1. The topological polar surface area (TPSA) is 32.3 Å². The van der Waals surface area contributed by atoms with Gasteiger partial charge in [0.2, 0.25) is 0 Å². The van der Waals surface area contributed by atoms with E-state index in [0.29, 0.717) is 5.75 Å². The summed E-state index contributed by atoms with van der Waals surface area (Å²) < 4.78 is 0.235. The minimum absolute atomic E-state index is 0.134. The zero-order valence-electron chi connectivity index (χ0n) is 6.97. The molecule has 2 N–H and O–H groups in total. The van der Waals surface area contributed by atoms with Crippen LogP contribution in [0.15, 0.2) is 30.3 Å². The summed E-state index contributed by atoms with van der Waals surface area (Å²) in [5.74, 6) is 0.549. The van der Waals surface area contributed by atoms with Crippen LogP contribution in [0.2, 0.25) is 0 Å². The van der Waals surface area contributed by atoms with E-state index < -0.39 is 0 Å². The molecule has 0 saturated carbocycles. The van der Waals surface area contributed by atoms with Crippen LogP contribution in [0.1, 0.15) is 0 Å². The Balaban J connectivity index is 2.62. The molecule has 1 rings (SSSR count). The molecule has 1 aromatic carbocycles. The zero-order chi connectivity index (χ0) is 9.68. The van der Waals surface area contributed by atoms with Gasteiger partial charge < -0.3 is 0 Å². The van der Waals surface area contributed by atoms with Crippen molar-refractivity contribution in [3.05, 3.63) is 30.3 Å². The Kier molecular flexibility index (Phi) is 4.36. The predicted octanol–water partition coefficient (Wildman–Crippen LogP) is 1.07. The minimum atomic E-state index is -0.134. The third kappa shape index (κ3) is 3.43. The summed E-state index contributed by atoms with van der Waals surface area (Å²) in [5, 5.41) is 12.4. The number of benzene rings is 1. The number of aliphatic hydroxyl groups is 1. The van der Waals surface area contributed by atoms with Crippen molar-refractivity contribution in [3.8, 4) is 0 Å². The Labute approximate surface area is 91.1 Å². The van der Waals surface area contributed by atoms with Crippen molar-refractivity contribution in [1.82, 2.24) is 0 Å². The van der Waals surface area contributed by atoms with Crippen LogP contribution in [-0.4, -0.2) is 37.1 Å². The SMILES string of the molecule is OC(=[Se])[C@H](CS)Nc1ccccc1. The average molecular weight is 260 g/mol. The van der Waals surface area contributed by atoms with Crippen molar-refractivity contribution in [2.45, 2.75) is 6.04 Å². The van der Waals surface area contributed by atoms with Crippen LogP contribution in [0.3, 0.4) is 0 Å². The second-order valence-electron chi connectivity index (χ2n) is 2.58. The molecule has 0 aromatic heterocycles. The Morgan fingerprint density at radius 1 is 1.46 bits per heavy atom. The molecule has 0 aliphatic carbocycles. The van der Waals surface area contributed by atoms with Crippen LogP contribution in [0.25, 0.3) is 0 Å². The van der Waals surface area contributed by atoms with Crippen LogP contribution in [0.5, 0.6) is 0 Å². The monoisotopic (exact) mass is 261 g/mol. The normalized spacial score (nSPS) is 12.1.